The summed E-state index contributed by atoms with van der Waals surface area (Å²) in [6, 6.07) is 79.3. The van der Waals surface area contributed by atoms with Crippen LogP contribution in [0.4, 0.5) is 0 Å². The molecular weight excluding hydrogens is 793 g/mol. The van der Waals surface area contributed by atoms with Gasteiger partial charge >= 0.3 is 0 Å². The van der Waals surface area contributed by atoms with Gasteiger partial charge in [-0.1, -0.05) is 121 Å². The van der Waals surface area contributed by atoms with Crippen molar-refractivity contribution < 1.29 is 4.42 Å². The highest BCUT2D eigenvalue weighted by atomic mass is 16.3. The van der Waals surface area contributed by atoms with E-state index in [1.165, 1.54) is 54.4 Å². The predicted octanol–water partition coefficient (Wildman–Crippen LogP) is 16.0. The van der Waals surface area contributed by atoms with Crippen LogP contribution in [0.15, 0.2) is 223 Å². The number of nitrogens with zero attached hydrogens (tertiary/aromatic N) is 4. The molecule has 0 aliphatic rings. The van der Waals surface area contributed by atoms with Crippen LogP contribution in [0.1, 0.15) is 0 Å². The summed E-state index contributed by atoms with van der Waals surface area (Å²) in [4.78, 5) is 0. The fourth-order valence-corrected chi connectivity index (χ4v) is 11.2. The molecule has 0 fully saturated rings. The molecule has 0 aliphatic carbocycles. The van der Waals surface area contributed by atoms with Crippen molar-refractivity contribution in [1.29, 1.82) is 0 Å². The summed E-state index contributed by atoms with van der Waals surface area (Å²) >= 11 is 0. The Morgan fingerprint density at radius 1 is 0.215 bits per heavy atom. The third-order valence-electron chi connectivity index (χ3n) is 13.9. The van der Waals surface area contributed by atoms with E-state index in [0.717, 1.165) is 77.5 Å². The van der Waals surface area contributed by atoms with Crippen molar-refractivity contribution in [3.8, 4) is 22.7 Å². The Morgan fingerprint density at radius 3 is 0.954 bits per heavy atom. The number of fused-ring (bicyclic) bond motifs is 17. The van der Waals surface area contributed by atoms with Gasteiger partial charge in [-0.2, -0.15) is 0 Å². The monoisotopic (exact) mass is 828 g/mol. The fourth-order valence-electron chi connectivity index (χ4n) is 11.2. The number of hydrogen-bond acceptors (Lipinski definition) is 1. The van der Waals surface area contributed by atoms with E-state index in [-0.39, 0.29) is 0 Å². The zero-order valence-electron chi connectivity index (χ0n) is 35.0. The van der Waals surface area contributed by atoms with Crippen LogP contribution in [-0.4, -0.2) is 18.3 Å². The highest BCUT2D eigenvalue weighted by Crippen LogP contribution is 2.46. The van der Waals surface area contributed by atoms with Gasteiger partial charge in [-0.05, 0) is 97.1 Å². The van der Waals surface area contributed by atoms with Crippen LogP contribution in [0.25, 0.3) is 132 Å². The molecule has 302 valence electrons. The van der Waals surface area contributed by atoms with E-state index in [1.807, 2.05) is 0 Å². The molecule has 0 spiro atoms. The van der Waals surface area contributed by atoms with Crippen LogP contribution in [0, 0.1) is 0 Å². The van der Waals surface area contributed by atoms with E-state index in [0.29, 0.717) is 0 Å². The van der Waals surface area contributed by atoms with Crippen molar-refractivity contribution in [2.45, 2.75) is 0 Å². The summed E-state index contributed by atoms with van der Waals surface area (Å²) in [5.41, 5.74) is 15.4. The van der Waals surface area contributed by atoms with Gasteiger partial charge in [0, 0.05) is 76.6 Å². The minimum absolute atomic E-state index is 0.881. The number of aromatic nitrogens is 4. The molecule has 0 atom stereocenters. The standard InChI is InChI=1S/C60H36N4O/c1-3-15-37(16-4-1)61-51-23-11-9-21-43(51)49-35-39(27-33-55(49)61)63-53-25-13-7-19-41(53)45-29-31-47-48-32-30-46-42-20-8-14-26-54(42)64(58(46)60(48)65-59(47)57(45)63)40-28-34-56-50(36-40)44-22-10-12-24-52(44)62(56)38-17-5-2-6-18-38/h1-36H. The van der Waals surface area contributed by atoms with Gasteiger partial charge in [-0.3, -0.25) is 0 Å². The molecule has 0 saturated carbocycles. The maximum Gasteiger partial charge on any atom is 0.160 e. The molecule has 5 nitrogen and oxygen atoms in total. The van der Waals surface area contributed by atoms with Gasteiger partial charge < -0.3 is 22.7 Å². The molecule has 0 amide bonds. The van der Waals surface area contributed by atoms with Crippen LogP contribution in [0.5, 0.6) is 0 Å². The smallest absolute Gasteiger partial charge is 0.160 e. The SMILES string of the molecule is c1ccc(-n2c3ccccc3c3cc(-n4c5ccccc5c5ccc6c7ccc8c9ccccc9n(-c9ccc%10c(c9)c9ccccc9n%10-c9ccccc9)c8c7oc6c54)ccc32)cc1. The van der Waals surface area contributed by atoms with E-state index >= 15 is 0 Å². The minimum Gasteiger partial charge on any atom is -0.452 e. The highest BCUT2D eigenvalue weighted by Gasteiger charge is 2.24. The first-order chi connectivity index (χ1) is 32.3. The van der Waals surface area contributed by atoms with Crippen molar-refractivity contribution in [3.63, 3.8) is 0 Å². The molecule has 5 aromatic heterocycles. The molecule has 5 heteroatoms. The Morgan fingerprint density at radius 2 is 0.538 bits per heavy atom. The Bertz CT molecular complexity index is 4180. The third kappa shape index (κ3) is 4.65. The normalized spacial score (nSPS) is 12.3. The van der Waals surface area contributed by atoms with E-state index in [4.69, 9.17) is 4.42 Å². The largest absolute Gasteiger partial charge is 0.452 e. The maximum atomic E-state index is 7.45. The lowest BCUT2D eigenvalue weighted by Crippen LogP contribution is -1.96. The van der Waals surface area contributed by atoms with Crippen molar-refractivity contribution >= 4 is 109 Å². The summed E-state index contributed by atoms with van der Waals surface area (Å²) in [5, 5.41) is 11.8. The maximum absolute atomic E-state index is 7.45. The fraction of sp³-hybridized carbons (Fsp3) is 0. The summed E-state index contributed by atoms with van der Waals surface area (Å²) in [6.45, 7) is 0. The van der Waals surface area contributed by atoms with E-state index in [9.17, 15) is 0 Å². The Balaban J connectivity index is 1.02. The number of hydrogen-bond donors (Lipinski definition) is 0. The molecule has 0 bridgehead atoms. The summed E-state index contributed by atoms with van der Waals surface area (Å²) in [6.07, 6.45) is 0. The van der Waals surface area contributed by atoms with Gasteiger partial charge in [0.05, 0.1) is 44.1 Å². The van der Waals surface area contributed by atoms with Crippen LogP contribution < -0.4 is 0 Å². The van der Waals surface area contributed by atoms with Crippen molar-refractivity contribution in [2.75, 3.05) is 0 Å². The predicted molar refractivity (Wildman–Crippen MR) is 271 cm³/mol. The Kier molecular flexibility index (Phi) is 6.89. The van der Waals surface area contributed by atoms with Gasteiger partial charge in [-0.25, -0.2) is 0 Å². The molecule has 0 unspecified atom stereocenters. The summed E-state index contributed by atoms with van der Waals surface area (Å²) < 4.78 is 17.1. The first-order valence-electron chi connectivity index (χ1n) is 22.3. The third-order valence-corrected chi connectivity index (χ3v) is 13.9. The molecule has 0 saturated heterocycles. The minimum atomic E-state index is 0.881. The zero-order valence-corrected chi connectivity index (χ0v) is 35.0. The lowest BCUT2D eigenvalue weighted by Gasteiger charge is -2.10. The average Bonchev–Trinajstić information content (AvgIpc) is 4.17. The van der Waals surface area contributed by atoms with Gasteiger partial charge in [0.15, 0.2) is 11.2 Å². The summed E-state index contributed by atoms with van der Waals surface area (Å²) in [5.74, 6) is 0. The second-order valence-electron chi connectivity index (χ2n) is 17.3. The van der Waals surface area contributed by atoms with Crippen LogP contribution in [-0.2, 0) is 0 Å². The van der Waals surface area contributed by atoms with Gasteiger partial charge in [0.25, 0.3) is 0 Å². The van der Waals surface area contributed by atoms with E-state index in [2.05, 4.69) is 237 Å². The molecule has 0 radical (unpaired) electrons. The molecule has 5 heterocycles. The Labute approximate surface area is 371 Å². The van der Waals surface area contributed by atoms with Crippen LogP contribution in [0.2, 0.25) is 0 Å². The van der Waals surface area contributed by atoms with E-state index in [1.54, 1.807) is 0 Å². The van der Waals surface area contributed by atoms with Gasteiger partial charge in [0.1, 0.15) is 0 Å². The topological polar surface area (TPSA) is 32.9 Å². The molecule has 15 rings (SSSR count). The molecule has 10 aromatic carbocycles. The lowest BCUT2D eigenvalue weighted by molar-refractivity contribution is 0.673. The average molecular weight is 829 g/mol. The van der Waals surface area contributed by atoms with Gasteiger partial charge in [-0.15, -0.1) is 0 Å². The van der Waals surface area contributed by atoms with Crippen molar-refractivity contribution in [2.24, 2.45) is 0 Å². The number of para-hydroxylation sites is 6. The van der Waals surface area contributed by atoms with E-state index < -0.39 is 0 Å². The molecule has 0 N–H and O–H groups in total. The van der Waals surface area contributed by atoms with Crippen LogP contribution in [0.3, 0.4) is 0 Å². The second kappa shape index (κ2) is 12.9. The number of rotatable bonds is 4. The van der Waals surface area contributed by atoms with Gasteiger partial charge in [0.2, 0.25) is 0 Å². The first-order valence-corrected chi connectivity index (χ1v) is 22.3. The first kappa shape index (κ1) is 34.7. The zero-order chi connectivity index (χ0) is 42.3. The van der Waals surface area contributed by atoms with Crippen molar-refractivity contribution in [3.05, 3.63) is 218 Å². The van der Waals surface area contributed by atoms with Crippen molar-refractivity contribution in [1.82, 2.24) is 18.3 Å². The molecular formula is C60H36N4O. The lowest BCUT2D eigenvalue weighted by atomic mass is 10.1. The highest BCUT2D eigenvalue weighted by molar-refractivity contribution is 6.26. The second-order valence-corrected chi connectivity index (χ2v) is 17.3. The quantitative estimate of drug-likeness (QED) is 0.174. The molecule has 65 heavy (non-hydrogen) atoms. The number of benzene rings is 10. The number of furan rings is 1. The molecule has 0 aliphatic heterocycles. The summed E-state index contributed by atoms with van der Waals surface area (Å²) in [7, 11) is 0. The molecule has 15 aromatic rings. The van der Waals surface area contributed by atoms with Crippen LogP contribution >= 0.6 is 0 Å². The Hall–Kier alpha value is -8.80.